The summed E-state index contributed by atoms with van der Waals surface area (Å²) < 4.78 is 7.14. The number of fused-ring (bicyclic) bond motifs is 1. The Hall–Kier alpha value is -4.81. The summed E-state index contributed by atoms with van der Waals surface area (Å²) in [5.74, 6) is -0.148. The van der Waals surface area contributed by atoms with Crippen molar-refractivity contribution in [3.8, 4) is 17.0 Å². The molecule has 0 saturated heterocycles. The molecule has 2 heterocycles. The molecule has 2 aromatic heterocycles. The SMILES string of the molecule is C=CC(=O)Nc1cc(N(N=O)c2nccc(-c3cn(C)c4ccccc34)n2)c(OC)cc1N(C)CC[N+](C)(C)[O-]. The van der Waals surface area contributed by atoms with Crippen molar-refractivity contribution in [3.63, 3.8) is 0 Å². The van der Waals surface area contributed by atoms with Gasteiger partial charge in [-0.25, -0.2) is 9.97 Å². The van der Waals surface area contributed by atoms with Gasteiger partial charge in [-0.15, -0.1) is 4.91 Å². The Morgan fingerprint density at radius 1 is 1.25 bits per heavy atom. The molecule has 4 rings (SSSR count). The van der Waals surface area contributed by atoms with Gasteiger partial charge in [-0.3, -0.25) is 4.79 Å². The monoisotopic (exact) mass is 544 g/mol. The van der Waals surface area contributed by atoms with E-state index in [1.807, 2.05) is 47.0 Å². The number of nitrogens with zero attached hydrogens (tertiary/aromatic N) is 7. The summed E-state index contributed by atoms with van der Waals surface area (Å²) in [6.45, 7) is 4.21. The Morgan fingerprint density at radius 2 is 2.00 bits per heavy atom. The molecule has 1 N–H and O–H groups in total. The van der Waals surface area contributed by atoms with E-state index in [1.54, 1.807) is 45.5 Å². The van der Waals surface area contributed by atoms with Crippen molar-refractivity contribution in [1.29, 1.82) is 0 Å². The number of carbonyl (C=O) groups excluding carboxylic acids is 1. The third kappa shape index (κ3) is 5.92. The number of amides is 1. The summed E-state index contributed by atoms with van der Waals surface area (Å²) in [7, 11) is 8.31. The molecule has 0 aliphatic carbocycles. The standard InChI is InChI=1S/C28H32N8O4/c1-7-27(37)30-22-16-25(26(40-6)17-24(22)33(2)14-15-36(4,5)39)35(32-38)28-29-13-12-21(31-28)20-18-34(3)23-11-9-8-10-19(20)23/h7-13,16-18H,1,14-15H2,2-6H3,(H,30,37). The zero-order valence-corrected chi connectivity index (χ0v) is 23.2. The molecule has 12 nitrogen and oxygen atoms in total. The van der Waals surface area contributed by atoms with E-state index >= 15 is 0 Å². The van der Waals surface area contributed by atoms with Gasteiger partial charge in [-0.1, -0.05) is 24.8 Å². The number of ether oxygens (including phenoxy) is 1. The number of benzene rings is 2. The fraction of sp³-hybridized carbons (Fsp3) is 0.250. The molecule has 40 heavy (non-hydrogen) atoms. The van der Waals surface area contributed by atoms with Gasteiger partial charge in [0, 0.05) is 49.0 Å². The number of aromatic nitrogens is 3. The Balaban J connectivity index is 1.80. The first-order valence-electron chi connectivity index (χ1n) is 12.5. The number of hydrogen-bond donors (Lipinski definition) is 1. The number of aryl methyl sites for hydroxylation is 1. The number of nitroso groups, excluding NO2 is 1. The molecule has 0 aliphatic rings. The maximum Gasteiger partial charge on any atom is 0.254 e. The van der Waals surface area contributed by atoms with Crippen LogP contribution in [0.25, 0.3) is 22.2 Å². The van der Waals surface area contributed by atoms with Crippen molar-refractivity contribution in [2.45, 2.75) is 0 Å². The predicted octanol–water partition coefficient (Wildman–Crippen LogP) is 4.60. The summed E-state index contributed by atoms with van der Waals surface area (Å²) in [6, 6.07) is 12.9. The third-order valence-electron chi connectivity index (χ3n) is 6.44. The van der Waals surface area contributed by atoms with Crippen LogP contribution in [0, 0.1) is 10.1 Å². The maximum atomic E-state index is 12.3. The molecule has 2 aromatic carbocycles. The van der Waals surface area contributed by atoms with Gasteiger partial charge in [-0.2, -0.15) is 5.01 Å². The minimum atomic E-state index is -0.485. The summed E-state index contributed by atoms with van der Waals surface area (Å²) in [5, 5.41) is 20.1. The second-order valence-electron chi connectivity index (χ2n) is 9.76. The average Bonchev–Trinajstić information content (AvgIpc) is 3.28. The Labute approximate surface area is 232 Å². The molecular formula is C28H32N8O4. The van der Waals surface area contributed by atoms with Crippen molar-refractivity contribution in [1.82, 2.24) is 14.5 Å². The van der Waals surface area contributed by atoms with E-state index in [2.05, 4.69) is 27.1 Å². The highest BCUT2D eigenvalue weighted by Gasteiger charge is 2.24. The van der Waals surface area contributed by atoms with E-state index in [-0.39, 0.29) is 17.4 Å². The molecular weight excluding hydrogens is 512 g/mol. The minimum absolute atomic E-state index is 0.0197. The number of rotatable bonds is 11. The lowest BCUT2D eigenvalue weighted by atomic mass is 10.1. The predicted molar refractivity (Wildman–Crippen MR) is 157 cm³/mol. The normalized spacial score (nSPS) is 11.2. The number of hydroxylamine groups is 3. The summed E-state index contributed by atoms with van der Waals surface area (Å²) >= 11 is 0. The highest BCUT2D eigenvalue weighted by Crippen LogP contribution is 2.41. The van der Waals surface area contributed by atoms with Crippen LogP contribution in [-0.2, 0) is 11.8 Å². The smallest absolute Gasteiger partial charge is 0.254 e. The van der Waals surface area contributed by atoms with Crippen molar-refractivity contribution in [3.05, 3.63) is 77.6 Å². The average molecular weight is 545 g/mol. The van der Waals surface area contributed by atoms with E-state index in [1.165, 1.54) is 7.11 Å². The van der Waals surface area contributed by atoms with Gasteiger partial charge in [0.1, 0.15) is 11.4 Å². The van der Waals surface area contributed by atoms with Gasteiger partial charge in [0.2, 0.25) is 5.91 Å². The second-order valence-corrected chi connectivity index (χ2v) is 9.76. The van der Waals surface area contributed by atoms with Crippen LogP contribution in [-0.4, -0.2) is 66.4 Å². The van der Waals surface area contributed by atoms with Gasteiger partial charge >= 0.3 is 0 Å². The molecule has 0 atom stereocenters. The highest BCUT2D eigenvalue weighted by molar-refractivity contribution is 6.02. The van der Waals surface area contributed by atoms with E-state index in [0.29, 0.717) is 30.2 Å². The zero-order valence-electron chi connectivity index (χ0n) is 23.2. The zero-order chi connectivity index (χ0) is 29.0. The van der Waals surface area contributed by atoms with E-state index in [0.717, 1.165) is 27.6 Å². The lowest BCUT2D eigenvalue weighted by Gasteiger charge is -2.36. The van der Waals surface area contributed by atoms with Crippen LogP contribution in [0.15, 0.2) is 72.8 Å². The maximum absolute atomic E-state index is 12.3. The molecule has 0 bridgehead atoms. The fourth-order valence-corrected chi connectivity index (χ4v) is 4.33. The number of quaternary nitrogens is 1. The quantitative estimate of drug-likeness (QED) is 0.126. The van der Waals surface area contributed by atoms with Crippen molar-refractivity contribution in [2.75, 3.05) is 56.6 Å². The van der Waals surface area contributed by atoms with Crippen LogP contribution in [0.1, 0.15) is 0 Å². The van der Waals surface area contributed by atoms with E-state index < -0.39 is 10.6 Å². The highest BCUT2D eigenvalue weighted by atomic mass is 16.5. The molecule has 0 aliphatic heterocycles. The van der Waals surface area contributed by atoms with Crippen molar-refractivity contribution >= 4 is 39.8 Å². The van der Waals surface area contributed by atoms with Crippen molar-refractivity contribution in [2.24, 2.45) is 12.3 Å². The lowest BCUT2D eigenvalue weighted by Crippen LogP contribution is -2.39. The molecule has 0 radical (unpaired) electrons. The fourth-order valence-electron chi connectivity index (χ4n) is 4.33. The largest absolute Gasteiger partial charge is 0.633 e. The number of likely N-dealkylation sites (N-methyl/N-ethyl adjacent to an activating group) is 2. The number of hydrogen-bond acceptors (Lipinski definition) is 8. The van der Waals surface area contributed by atoms with E-state index in [9.17, 15) is 14.9 Å². The summed E-state index contributed by atoms with van der Waals surface area (Å²) in [5.41, 5.74) is 3.65. The number of methoxy groups -OCH3 is 1. The Morgan fingerprint density at radius 3 is 2.67 bits per heavy atom. The van der Waals surface area contributed by atoms with Crippen LogP contribution in [0.2, 0.25) is 0 Å². The minimum Gasteiger partial charge on any atom is -0.633 e. The summed E-state index contributed by atoms with van der Waals surface area (Å²) in [4.78, 5) is 35.3. The molecule has 0 saturated carbocycles. The molecule has 12 heteroatoms. The van der Waals surface area contributed by atoms with E-state index in [4.69, 9.17) is 4.74 Å². The van der Waals surface area contributed by atoms with Crippen LogP contribution in [0.3, 0.4) is 0 Å². The molecule has 0 spiro atoms. The first kappa shape index (κ1) is 28.2. The summed E-state index contributed by atoms with van der Waals surface area (Å²) in [6.07, 6.45) is 4.65. The van der Waals surface area contributed by atoms with Crippen LogP contribution in [0.4, 0.5) is 23.0 Å². The number of nitrogens with one attached hydrogen (secondary N) is 1. The number of carbonyl (C=O) groups is 1. The molecule has 4 aromatic rings. The second kappa shape index (κ2) is 11.5. The Bertz CT molecular complexity index is 1560. The van der Waals surface area contributed by atoms with Gasteiger partial charge in [0.25, 0.3) is 5.95 Å². The topological polar surface area (TPSA) is 128 Å². The lowest BCUT2D eigenvalue weighted by molar-refractivity contribution is -0.838. The molecule has 0 unspecified atom stereocenters. The molecule has 0 fully saturated rings. The van der Waals surface area contributed by atoms with Crippen molar-refractivity contribution < 1.29 is 14.2 Å². The van der Waals surface area contributed by atoms with Gasteiger partial charge in [0.05, 0.1) is 56.6 Å². The van der Waals surface area contributed by atoms with Gasteiger partial charge in [-0.05, 0) is 24.3 Å². The molecule has 1 amide bonds. The van der Waals surface area contributed by atoms with Crippen LogP contribution in [0.5, 0.6) is 5.75 Å². The van der Waals surface area contributed by atoms with Crippen LogP contribution >= 0.6 is 0 Å². The molecule has 208 valence electrons. The Kier molecular flexibility index (Phi) is 8.12. The van der Waals surface area contributed by atoms with Gasteiger partial charge in [0.15, 0.2) is 0 Å². The third-order valence-corrected chi connectivity index (χ3v) is 6.44. The first-order chi connectivity index (χ1) is 19.1. The first-order valence-corrected chi connectivity index (χ1v) is 12.5. The number of anilines is 4. The van der Waals surface area contributed by atoms with Crippen LogP contribution < -0.4 is 20.0 Å². The van der Waals surface area contributed by atoms with Gasteiger partial charge < -0.3 is 29.4 Å². The number of para-hydroxylation sites is 1.